The van der Waals surface area contributed by atoms with Crippen molar-refractivity contribution in [3.63, 3.8) is 0 Å². The second kappa shape index (κ2) is 41.3. The van der Waals surface area contributed by atoms with Crippen LogP contribution in [0.1, 0.15) is 89.9 Å². The van der Waals surface area contributed by atoms with Crippen molar-refractivity contribution in [2.75, 3.05) is 131 Å². The van der Waals surface area contributed by atoms with Gasteiger partial charge in [0.2, 0.25) is 0 Å². The zero-order valence-corrected chi connectivity index (χ0v) is 34.8. The first-order valence-electron chi connectivity index (χ1n) is 21.0. The standard InChI is InChI=1S/C42H69N15/c43-15-1-25-52(26-2-16-44)35-11-39-56(40-12-36-53(27-3-17-45)28-4-18-46)33-9-23-51-24-10-34-57(41-13-37-54(29-5-19-47)30-6-20-48)42-14-38-55(31-7-21-49)32-8-22-50/h51H,1-14,23-42H2. The normalized spacial score (nSPS) is 10.9. The van der Waals surface area contributed by atoms with E-state index in [-0.39, 0.29) is 0 Å². The molecule has 0 aromatic rings. The molecule has 0 aromatic heterocycles. The zero-order chi connectivity index (χ0) is 41.9. The van der Waals surface area contributed by atoms with Gasteiger partial charge in [0.05, 0.1) is 48.6 Å². The molecule has 312 valence electrons. The fraction of sp³-hybridized carbons (Fsp3) is 0.810. The van der Waals surface area contributed by atoms with E-state index in [0.717, 1.165) is 117 Å². The molecule has 0 unspecified atom stereocenters. The third-order valence-corrected chi connectivity index (χ3v) is 9.77. The van der Waals surface area contributed by atoms with Crippen molar-refractivity contribution in [3.05, 3.63) is 0 Å². The van der Waals surface area contributed by atoms with Gasteiger partial charge >= 0.3 is 0 Å². The summed E-state index contributed by atoms with van der Waals surface area (Å²) in [6.45, 7) is 16.2. The number of nitriles is 8. The van der Waals surface area contributed by atoms with Gasteiger partial charge in [-0.05, 0) is 117 Å². The second-order valence-corrected chi connectivity index (χ2v) is 14.2. The first-order chi connectivity index (χ1) is 28.0. The minimum atomic E-state index is 0.455. The Kier molecular flexibility index (Phi) is 38.1. The Labute approximate surface area is 345 Å². The van der Waals surface area contributed by atoms with Crippen LogP contribution >= 0.6 is 0 Å². The maximum absolute atomic E-state index is 9.07. The van der Waals surface area contributed by atoms with Gasteiger partial charge in [-0.2, -0.15) is 42.1 Å². The van der Waals surface area contributed by atoms with Gasteiger partial charge in [-0.25, -0.2) is 0 Å². The monoisotopic (exact) mass is 784 g/mol. The molecule has 1 N–H and O–H groups in total. The first-order valence-corrected chi connectivity index (χ1v) is 21.0. The topological polar surface area (TPSA) is 222 Å². The highest BCUT2D eigenvalue weighted by molar-refractivity contribution is 4.80. The van der Waals surface area contributed by atoms with Crippen molar-refractivity contribution in [1.82, 2.24) is 34.7 Å². The minimum absolute atomic E-state index is 0.455. The van der Waals surface area contributed by atoms with Gasteiger partial charge in [-0.3, -0.25) is 0 Å². The molecule has 0 aliphatic rings. The third kappa shape index (κ3) is 33.5. The summed E-state index contributed by atoms with van der Waals surface area (Å²) in [6.07, 6.45) is 9.46. The van der Waals surface area contributed by atoms with E-state index in [1.54, 1.807) is 0 Å². The molecule has 57 heavy (non-hydrogen) atoms. The van der Waals surface area contributed by atoms with Gasteiger partial charge in [0.25, 0.3) is 0 Å². The Morgan fingerprint density at radius 1 is 0.228 bits per heavy atom. The molecule has 15 heteroatoms. The average Bonchev–Trinajstić information content (AvgIpc) is 3.22. The van der Waals surface area contributed by atoms with Crippen LogP contribution in [-0.2, 0) is 0 Å². The highest BCUT2D eigenvalue weighted by Crippen LogP contribution is 2.05. The predicted octanol–water partition coefficient (Wildman–Crippen LogP) is 4.04. The third-order valence-electron chi connectivity index (χ3n) is 9.77. The lowest BCUT2D eigenvalue weighted by molar-refractivity contribution is 0.207. The van der Waals surface area contributed by atoms with Crippen molar-refractivity contribution in [3.8, 4) is 48.6 Å². The van der Waals surface area contributed by atoms with Crippen molar-refractivity contribution < 1.29 is 0 Å². The lowest BCUT2D eigenvalue weighted by Crippen LogP contribution is -2.36. The highest BCUT2D eigenvalue weighted by atomic mass is 15.2. The van der Waals surface area contributed by atoms with Crippen molar-refractivity contribution in [2.24, 2.45) is 0 Å². The molecular formula is C42H69N15. The fourth-order valence-electron chi connectivity index (χ4n) is 6.73. The number of nitrogens with zero attached hydrogens (tertiary/aromatic N) is 14. The van der Waals surface area contributed by atoms with E-state index in [1.807, 2.05) is 0 Å². The van der Waals surface area contributed by atoms with E-state index in [1.165, 1.54) is 0 Å². The smallest absolute Gasteiger partial charge is 0.0635 e. The van der Waals surface area contributed by atoms with Gasteiger partial charge in [0.1, 0.15) is 0 Å². The summed E-state index contributed by atoms with van der Waals surface area (Å²) >= 11 is 0. The Morgan fingerprint density at radius 2 is 0.386 bits per heavy atom. The minimum Gasteiger partial charge on any atom is -0.317 e. The zero-order valence-electron chi connectivity index (χ0n) is 34.8. The molecule has 0 rings (SSSR count). The fourth-order valence-corrected chi connectivity index (χ4v) is 6.73. The quantitative estimate of drug-likeness (QED) is 0.0867. The van der Waals surface area contributed by atoms with Gasteiger partial charge in [0, 0.05) is 104 Å². The molecule has 0 aliphatic carbocycles. The molecule has 0 bridgehead atoms. The van der Waals surface area contributed by atoms with Crippen molar-refractivity contribution in [1.29, 1.82) is 42.1 Å². The van der Waals surface area contributed by atoms with Crippen LogP contribution in [0.15, 0.2) is 0 Å². The van der Waals surface area contributed by atoms with E-state index in [0.29, 0.717) is 104 Å². The molecule has 0 heterocycles. The van der Waals surface area contributed by atoms with E-state index >= 15 is 0 Å². The number of hydrogen-bond acceptors (Lipinski definition) is 15. The van der Waals surface area contributed by atoms with E-state index in [4.69, 9.17) is 42.1 Å². The van der Waals surface area contributed by atoms with Gasteiger partial charge in [0.15, 0.2) is 0 Å². The van der Waals surface area contributed by atoms with Crippen LogP contribution in [0, 0.1) is 90.6 Å². The van der Waals surface area contributed by atoms with E-state index in [2.05, 4.69) is 83.3 Å². The van der Waals surface area contributed by atoms with Crippen LogP contribution in [0.2, 0.25) is 0 Å². The van der Waals surface area contributed by atoms with Crippen LogP contribution < -0.4 is 5.32 Å². The van der Waals surface area contributed by atoms with Crippen LogP contribution in [-0.4, -0.2) is 160 Å². The molecule has 15 nitrogen and oxygen atoms in total. The van der Waals surface area contributed by atoms with Crippen LogP contribution in [0.3, 0.4) is 0 Å². The van der Waals surface area contributed by atoms with Crippen LogP contribution in [0.4, 0.5) is 0 Å². The maximum atomic E-state index is 9.07. The average molecular weight is 784 g/mol. The van der Waals surface area contributed by atoms with E-state index < -0.39 is 0 Å². The molecule has 0 saturated heterocycles. The van der Waals surface area contributed by atoms with Crippen LogP contribution in [0.5, 0.6) is 0 Å². The number of rotatable bonds is 40. The summed E-state index contributed by atoms with van der Waals surface area (Å²) in [7, 11) is 0. The summed E-state index contributed by atoms with van der Waals surface area (Å²) < 4.78 is 0. The lowest BCUT2D eigenvalue weighted by atomic mass is 10.2. The molecule has 0 fully saturated rings. The van der Waals surface area contributed by atoms with E-state index in [9.17, 15) is 0 Å². The summed E-state index contributed by atoms with van der Waals surface area (Å²) in [6, 6.07) is 17.7. The SMILES string of the molecule is N#CCCN(CCC#N)CCCN(CCCNCCCN(CCCN(CCC#N)CCC#N)CCCN(CCC#N)CCC#N)CCCN(CCC#N)CCC#N. The summed E-state index contributed by atoms with van der Waals surface area (Å²) in [5, 5.41) is 76.2. The second-order valence-electron chi connectivity index (χ2n) is 14.2. The largest absolute Gasteiger partial charge is 0.317 e. The van der Waals surface area contributed by atoms with Gasteiger partial charge in [-0.1, -0.05) is 0 Å². The molecule has 0 spiro atoms. The van der Waals surface area contributed by atoms with Crippen molar-refractivity contribution in [2.45, 2.75) is 89.9 Å². The molecule has 0 amide bonds. The predicted molar refractivity (Wildman–Crippen MR) is 221 cm³/mol. The first kappa shape index (κ1) is 52.6. The number of hydrogen-bond donors (Lipinski definition) is 1. The van der Waals surface area contributed by atoms with Gasteiger partial charge < -0.3 is 34.7 Å². The molecule has 0 radical (unpaired) electrons. The molecule has 0 saturated carbocycles. The Bertz CT molecular complexity index is 1050. The summed E-state index contributed by atoms with van der Waals surface area (Å²) in [5.41, 5.74) is 0. The molecule has 0 atom stereocenters. The van der Waals surface area contributed by atoms with Crippen molar-refractivity contribution >= 4 is 0 Å². The highest BCUT2D eigenvalue weighted by Gasteiger charge is 2.12. The summed E-state index contributed by atoms with van der Waals surface area (Å²) in [5.74, 6) is 0. The lowest BCUT2D eigenvalue weighted by Gasteiger charge is -2.27. The molecule has 0 aromatic carbocycles. The molecule has 0 aliphatic heterocycles. The Balaban J connectivity index is 5.18. The molecular weight excluding hydrogens is 715 g/mol. The van der Waals surface area contributed by atoms with Crippen LogP contribution in [0.25, 0.3) is 0 Å². The van der Waals surface area contributed by atoms with Gasteiger partial charge in [-0.15, -0.1) is 0 Å². The Morgan fingerprint density at radius 3 is 0.561 bits per heavy atom. The summed E-state index contributed by atoms with van der Waals surface area (Å²) in [4.78, 5) is 13.8. The Hall–Kier alpha value is -4.36. The maximum Gasteiger partial charge on any atom is 0.0635 e. The number of nitrogens with one attached hydrogen (secondary N) is 1.